The summed E-state index contributed by atoms with van der Waals surface area (Å²) in [7, 11) is 0. The van der Waals surface area contributed by atoms with E-state index < -0.39 is 35.3 Å². The molecule has 0 atom stereocenters. The summed E-state index contributed by atoms with van der Waals surface area (Å²) in [4.78, 5) is 24.9. The Morgan fingerprint density at radius 2 is 1.59 bits per heavy atom. The number of hydrogen-bond acceptors (Lipinski definition) is 4. The molecule has 27 heavy (non-hydrogen) atoms. The van der Waals surface area contributed by atoms with E-state index in [-0.39, 0.29) is 10.6 Å². The van der Waals surface area contributed by atoms with Crippen molar-refractivity contribution in [1.29, 1.82) is 0 Å². The molecule has 1 rings (SSSR count). The van der Waals surface area contributed by atoms with Crippen molar-refractivity contribution in [2.24, 2.45) is 0 Å². The van der Waals surface area contributed by atoms with Crippen molar-refractivity contribution in [3.05, 3.63) is 28.8 Å². The van der Waals surface area contributed by atoms with Crippen LogP contribution in [0.25, 0.3) is 0 Å². The molecule has 0 spiro atoms. The number of amides is 2. The first-order valence-corrected chi connectivity index (χ1v) is 8.26. The maximum Gasteiger partial charge on any atom is 0.573 e. The van der Waals surface area contributed by atoms with Gasteiger partial charge in [-0.05, 0) is 59.7 Å². The molecule has 0 heterocycles. The highest BCUT2D eigenvalue weighted by molar-refractivity contribution is 6.31. The second-order valence-electron chi connectivity index (χ2n) is 7.65. The van der Waals surface area contributed by atoms with E-state index in [9.17, 15) is 22.8 Å². The summed E-state index contributed by atoms with van der Waals surface area (Å²) in [5, 5.41) is 0.815. The van der Waals surface area contributed by atoms with Gasteiger partial charge in [0.25, 0.3) is 5.91 Å². The molecule has 0 aliphatic heterocycles. The SMILES string of the molecule is CC(C)(C)OC(=O)NN(C(=O)c1cc(Cl)cc(OC(F)(F)F)c1)C(C)(C)C. The van der Waals surface area contributed by atoms with E-state index in [1.807, 2.05) is 0 Å². The molecule has 0 unspecified atom stereocenters. The van der Waals surface area contributed by atoms with Gasteiger partial charge in [-0.3, -0.25) is 4.79 Å². The Kier molecular flexibility index (Phi) is 6.64. The molecule has 0 aromatic heterocycles. The minimum Gasteiger partial charge on any atom is -0.443 e. The predicted molar refractivity (Wildman–Crippen MR) is 93.4 cm³/mol. The molecule has 1 N–H and O–H groups in total. The Morgan fingerprint density at radius 1 is 1.04 bits per heavy atom. The molecule has 0 saturated carbocycles. The van der Waals surface area contributed by atoms with Crippen LogP contribution >= 0.6 is 11.6 Å². The lowest BCUT2D eigenvalue weighted by Gasteiger charge is -2.36. The van der Waals surface area contributed by atoms with E-state index in [0.29, 0.717) is 0 Å². The van der Waals surface area contributed by atoms with Gasteiger partial charge in [-0.2, -0.15) is 0 Å². The molecule has 0 bridgehead atoms. The first-order chi connectivity index (χ1) is 12.0. The van der Waals surface area contributed by atoms with Crippen molar-refractivity contribution in [1.82, 2.24) is 10.4 Å². The molecule has 6 nitrogen and oxygen atoms in total. The fraction of sp³-hybridized carbons (Fsp3) is 0.529. The molecule has 0 aliphatic rings. The van der Waals surface area contributed by atoms with Crippen molar-refractivity contribution in [2.75, 3.05) is 0 Å². The average molecular weight is 411 g/mol. The third-order valence-electron chi connectivity index (χ3n) is 2.83. The molecule has 0 saturated heterocycles. The van der Waals surface area contributed by atoms with Crippen LogP contribution in [0, 0.1) is 0 Å². The number of carbonyl (C=O) groups is 2. The van der Waals surface area contributed by atoms with Crippen molar-refractivity contribution >= 4 is 23.6 Å². The highest BCUT2D eigenvalue weighted by Crippen LogP contribution is 2.28. The molecular formula is C17H22ClF3N2O4. The van der Waals surface area contributed by atoms with E-state index in [1.165, 1.54) is 6.07 Å². The van der Waals surface area contributed by atoms with Crippen molar-refractivity contribution in [2.45, 2.75) is 59.0 Å². The quantitative estimate of drug-likeness (QED) is 0.703. The fourth-order valence-corrected chi connectivity index (χ4v) is 2.15. The molecule has 0 aliphatic carbocycles. The number of carbonyl (C=O) groups excluding carboxylic acids is 2. The third kappa shape index (κ3) is 7.94. The molecule has 1 aromatic rings. The monoisotopic (exact) mass is 410 g/mol. The van der Waals surface area contributed by atoms with Crippen LogP contribution in [0.4, 0.5) is 18.0 Å². The number of halogens is 4. The number of hydrazine groups is 1. The van der Waals surface area contributed by atoms with Crippen LogP contribution in [0.3, 0.4) is 0 Å². The molecule has 0 radical (unpaired) electrons. The van der Waals surface area contributed by atoms with Crippen LogP contribution in [0.2, 0.25) is 5.02 Å². The van der Waals surface area contributed by atoms with Gasteiger partial charge < -0.3 is 9.47 Å². The minimum atomic E-state index is -4.94. The van der Waals surface area contributed by atoms with Crippen LogP contribution < -0.4 is 10.2 Å². The number of ether oxygens (including phenoxy) is 2. The zero-order chi connectivity index (χ0) is 21.2. The summed E-state index contributed by atoms with van der Waals surface area (Å²) < 4.78 is 46.3. The first kappa shape index (κ1) is 22.9. The van der Waals surface area contributed by atoms with E-state index in [4.69, 9.17) is 16.3 Å². The minimum absolute atomic E-state index is 0.133. The Hall–Kier alpha value is -2.16. The predicted octanol–water partition coefficient (Wildman–Crippen LogP) is 4.92. The lowest BCUT2D eigenvalue weighted by atomic mass is 10.1. The molecular weight excluding hydrogens is 389 g/mol. The van der Waals surface area contributed by atoms with Crippen molar-refractivity contribution in [3.63, 3.8) is 0 Å². The van der Waals surface area contributed by atoms with Crippen molar-refractivity contribution < 1.29 is 32.2 Å². The summed E-state index contributed by atoms with van der Waals surface area (Å²) in [6, 6.07) is 2.98. The maximum atomic E-state index is 12.8. The van der Waals surface area contributed by atoms with Gasteiger partial charge in [0.2, 0.25) is 0 Å². The van der Waals surface area contributed by atoms with E-state index in [0.717, 1.165) is 17.1 Å². The molecule has 1 aromatic carbocycles. The summed E-state index contributed by atoms with van der Waals surface area (Å²) in [6.45, 7) is 9.81. The second-order valence-corrected chi connectivity index (χ2v) is 8.08. The number of rotatable bonds is 2. The normalized spacial score (nSPS) is 12.4. The van der Waals surface area contributed by atoms with Crippen molar-refractivity contribution in [3.8, 4) is 5.75 Å². The third-order valence-corrected chi connectivity index (χ3v) is 3.05. The van der Waals surface area contributed by atoms with E-state index in [2.05, 4.69) is 10.2 Å². The summed E-state index contributed by atoms with van der Waals surface area (Å²) in [5.74, 6) is -1.44. The van der Waals surface area contributed by atoms with Gasteiger partial charge in [0, 0.05) is 10.6 Å². The van der Waals surface area contributed by atoms with Gasteiger partial charge in [0.05, 0.1) is 5.54 Å². The number of benzene rings is 1. The average Bonchev–Trinajstić information content (AvgIpc) is 2.38. The van der Waals surface area contributed by atoms with Gasteiger partial charge in [0.15, 0.2) is 0 Å². The van der Waals surface area contributed by atoms with Gasteiger partial charge in [-0.15, -0.1) is 13.2 Å². The number of nitrogens with one attached hydrogen (secondary N) is 1. The van der Waals surface area contributed by atoms with Crippen LogP contribution in [0.5, 0.6) is 5.75 Å². The highest BCUT2D eigenvalue weighted by atomic mass is 35.5. The summed E-state index contributed by atoms with van der Waals surface area (Å²) >= 11 is 5.80. The molecule has 0 fully saturated rings. The van der Waals surface area contributed by atoms with E-state index in [1.54, 1.807) is 41.5 Å². The number of alkyl halides is 3. The van der Waals surface area contributed by atoms with Gasteiger partial charge in [-0.25, -0.2) is 15.2 Å². The van der Waals surface area contributed by atoms with Crippen LogP contribution in [0.1, 0.15) is 51.9 Å². The van der Waals surface area contributed by atoms with Crippen LogP contribution in [-0.4, -0.2) is 34.5 Å². The molecule has 10 heteroatoms. The largest absolute Gasteiger partial charge is 0.573 e. The maximum absolute atomic E-state index is 12.8. The fourth-order valence-electron chi connectivity index (χ4n) is 1.92. The first-order valence-electron chi connectivity index (χ1n) is 7.88. The number of hydrogen-bond donors (Lipinski definition) is 1. The second kappa shape index (κ2) is 7.84. The summed E-state index contributed by atoms with van der Waals surface area (Å²) in [6.07, 6.45) is -5.83. The Bertz CT molecular complexity index is 710. The summed E-state index contributed by atoms with van der Waals surface area (Å²) in [5.41, 5.74) is 0.394. The van der Waals surface area contributed by atoms with Crippen LogP contribution in [-0.2, 0) is 4.74 Å². The lowest BCUT2D eigenvalue weighted by molar-refractivity contribution is -0.274. The highest BCUT2D eigenvalue weighted by Gasteiger charge is 2.34. The molecule has 152 valence electrons. The van der Waals surface area contributed by atoms with E-state index >= 15 is 0 Å². The topological polar surface area (TPSA) is 67.9 Å². The Balaban J connectivity index is 3.18. The Morgan fingerprint density at radius 3 is 2.04 bits per heavy atom. The van der Waals surface area contributed by atoms with Gasteiger partial charge in [-0.1, -0.05) is 11.6 Å². The van der Waals surface area contributed by atoms with Gasteiger partial charge in [0.1, 0.15) is 11.4 Å². The standard InChI is InChI=1S/C17H22ClF3N2O4/c1-15(2,3)23(22-14(25)27-16(4,5)6)13(24)10-7-11(18)9-12(8-10)26-17(19,20)21/h7-9H,1-6H3,(H,22,25). The van der Waals surface area contributed by atoms with Gasteiger partial charge >= 0.3 is 12.5 Å². The zero-order valence-electron chi connectivity index (χ0n) is 15.8. The number of nitrogens with zero attached hydrogens (tertiary/aromatic N) is 1. The Labute approximate surface area is 160 Å². The zero-order valence-corrected chi connectivity index (χ0v) is 16.6. The smallest absolute Gasteiger partial charge is 0.443 e. The molecule has 2 amide bonds. The lowest BCUT2D eigenvalue weighted by Crippen LogP contribution is -2.56. The van der Waals surface area contributed by atoms with Crippen LogP contribution in [0.15, 0.2) is 18.2 Å².